The number of carbonyl (C=O) groups excluding carboxylic acids is 1. The van der Waals surface area contributed by atoms with Gasteiger partial charge in [-0.3, -0.25) is 5.32 Å². The number of aryl methyl sites for hydroxylation is 1. The van der Waals surface area contributed by atoms with Gasteiger partial charge in [0.25, 0.3) is 0 Å². The van der Waals surface area contributed by atoms with Crippen molar-refractivity contribution in [3.63, 3.8) is 0 Å². The topological polar surface area (TPSA) is 97.0 Å². The van der Waals surface area contributed by atoms with E-state index in [0.29, 0.717) is 23.9 Å². The largest absolute Gasteiger partial charge is 0.351 e. The first kappa shape index (κ1) is 16.6. The highest BCUT2D eigenvalue weighted by molar-refractivity contribution is 5.88. The average molecular weight is 360 g/mol. The van der Waals surface area contributed by atoms with Gasteiger partial charge in [-0.15, -0.1) is 0 Å². The molecule has 0 saturated heterocycles. The highest BCUT2D eigenvalue weighted by Gasteiger charge is 2.52. The standard InChI is InChI=1S/C17H18F2N6O/c1-9-5-13(24-14(22-9)16(2,18)19)25-8-17(3-4-17)10-7-21-12(6-11(10)25)23-15(20)26/h5-7H,3-4,8H2,1-2H3,(H3,20,21,23,26). The van der Waals surface area contributed by atoms with Crippen LogP contribution in [0.2, 0.25) is 0 Å². The Balaban J connectivity index is 1.80. The number of rotatable bonds is 3. The molecule has 1 spiro atoms. The number of urea groups is 1. The molecular formula is C17H18F2N6O. The van der Waals surface area contributed by atoms with Crippen LogP contribution < -0.4 is 16.0 Å². The van der Waals surface area contributed by atoms with Crippen LogP contribution in [0.5, 0.6) is 0 Å². The Morgan fingerprint density at radius 2 is 2.08 bits per heavy atom. The lowest BCUT2D eigenvalue weighted by Gasteiger charge is -2.21. The molecule has 26 heavy (non-hydrogen) atoms. The number of aromatic nitrogens is 3. The van der Waals surface area contributed by atoms with Gasteiger partial charge >= 0.3 is 12.0 Å². The number of pyridine rings is 1. The van der Waals surface area contributed by atoms with Gasteiger partial charge in [-0.25, -0.2) is 19.7 Å². The van der Waals surface area contributed by atoms with E-state index in [9.17, 15) is 13.6 Å². The number of nitrogens with one attached hydrogen (secondary N) is 1. The third-order valence-corrected chi connectivity index (χ3v) is 4.82. The van der Waals surface area contributed by atoms with Crippen LogP contribution in [0.1, 0.15) is 36.8 Å². The number of hydrogen-bond donors (Lipinski definition) is 2. The summed E-state index contributed by atoms with van der Waals surface area (Å²) in [7, 11) is 0. The lowest BCUT2D eigenvalue weighted by Crippen LogP contribution is -2.23. The van der Waals surface area contributed by atoms with Crippen molar-refractivity contribution in [1.29, 1.82) is 0 Å². The lowest BCUT2D eigenvalue weighted by atomic mass is 10.0. The fraction of sp³-hybridized carbons (Fsp3) is 0.412. The van der Waals surface area contributed by atoms with E-state index in [-0.39, 0.29) is 5.41 Å². The monoisotopic (exact) mass is 360 g/mol. The molecule has 3 heterocycles. The molecule has 1 aliphatic carbocycles. The SMILES string of the molecule is Cc1cc(N2CC3(CC3)c3cnc(NC(N)=O)cc32)nc(C(C)(F)F)n1. The minimum atomic E-state index is -3.13. The molecule has 0 radical (unpaired) electrons. The van der Waals surface area contributed by atoms with E-state index in [1.165, 1.54) is 0 Å². The van der Waals surface area contributed by atoms with Gasteiger partial charge in [0.2, 0.25) is 5.82 Å². The van der Waals surface area contributed by atoms with Crippen LogP contribution in [-0.4, -0.2) is 27.5 Å². The molecule has 0 aromatic carbocycles. The molecule has 0 bridgehead atoms. The summed E-state index contributed by atoms with van der Waals surface area (Å²) in [4.78, 5) is 25.2. The maximum Gasteiger partial charge on any atom is 0.317 e. The molecule has 1 saturated carbocycles. The summed E-state index contributed by atoms with van der Waals surface area (Å²) in [5.74, 6) is -2.91. The zero-order chi connectivity index (χ0) is 18.7. The van der Waals surface area contributed by atoms with Gasteiger partial charge in [0.05, 0.1) is 5.69 Å². The van der Waals surface area contributed by atoms with Gasteiger partial charge in [0.15, 0.2) is 0 Å². The van der Waals surface area contributed by atoms with Gasteiger partial charge < -0.3 is 10.6 Å². The highest BCUT2D eigenvalue weighted by atomic mass is 19.3. The second-order valence-electron chi connectivity index (χ2n) is 7.02. The van der Waals surface area contributed by atoms with Crippen LogP contribution in [0.4, 0.5) is 30.9 Å². The van der Waals surface area contributed by atoms with E-state index in [2.05, 4.69) is 20.3 Å². The number of alkyl halides is 2. The van der Waals surface area contributed by atoms with Crippen LogP contribution in [0.25, 0.3) is 0 Å². The first-order valence-corrected chi connectivity index (χ1v) is 8.26. The number of anilines is 3. The first-order valence-electron chi connectivity index (χ1n) is 8.26. The summed E-state index contributed by atoms with van der Waals surface area (Å²) in [6, 6.07) is 2.67. The van der Waals surface area contributed by atoms with Crippen molar-refractivity contribution < 1.29 is 13.6 Å². The molecule has 4 rings (SSSR count). The maximum atomic E-state index is 13.8. The van der Waals surface area contributed by atoms with Crippen molar-refractivity contribution in [3.05, 3.63) is 35.4 Å². The number of amides is 2. The normalized spacial score (nSPS) is 17.3. The highest BCUT2D eigenvalue weighted by Crippen LogP contribution is 2.58. The zero-order valence-electron chi connectivity index (χ0n) is 14.4. The van der Waals surface area contributed by atoms with Crippen molar-refractivity contribution in [1.82, 2.24) is 15.0 Å². The third-order valence-electron chi connectivity index (χ3n) is 4.82. The number of fused-ring (bicyclic) bond motifs is 2. The predicted octanol–water partition coefficient (Wildman–Crippen LogP) is 2.97. The van der Waals surface area contributed by atoms with Crippen LogP contribution in [0.15, 0.2) is 18.3 Å². The number of nitrogens with zero attached hydrogens (tertiary/aromatic N) is 4. The van der Waals surface area contributed by atoms with Gasteiger partial charge in [0, 0.05) is 48.5 Å². The molecule has 7 nitrogen and oxygen atoms in total. The Morgan fingerprint density at radius 1 is 1.35 bits per heavy atom. The molecule has 3 N–H and O–H groups in total. The second kappa shape index (κ2) is 5.33. The third kappa shape index (κ3) is 2.73. The Labute approximate surface area is 148 Å². The number of carbonyl (C=O) groups is 1. The smallest absolute Gasteiger partial charge is 0.317 e. The molecule has 1 aliphatic heterocycles. The molecule has 2 aromatic rings. The van der Waals surface area contributed by atoms with E-state index in [4.69, 9.17) is 5.73 Å². The molecule has 2 aliphatic rings. The van der Waals surface area contributed by atoms with Gasteiger partial charge in [-0.2, -0.15) is 8.78 Å². The maximum absolute atomic E-state index is 13.8. The number of halogens is 2. The van der Waals surface area contributed by atoms with E-state index >= 15 is 0 Å². The molecule has 2 aromatic heterocycles. The van der Waals surface area contributed by atoms with Crippen molar-refractivity contribution in [2.75, 3.05) is 16.8 Å². The predicted molar refractivity (Wildman–Crippen MR) is 91.7 cm³/mol. The van der Waals surface area contributed by atoms with Gasteiger partial charge in [-0.05, 0) is 19.8 Å². The van der Waals surface area contributed by atoms with Gasteiger partial charge in [-0.1, -0.05) is 0 Å². The number of nitrogens with two attached hydrogens (primary N) is 1. The van der Waals surface area contributed by atoms with Crippen LogP contribution in [-0.2, 0) is 11.3 Å². The quantitative estimate of drug-likeness (QED) is 0.877. The molecule has 0 unspecified atom stereocenters. The lowest BCUT2D eigenvalue weighted by molar-refractivity contribution is 0.00762. The zero-order valence-corrected chi connectivity index (χ0v) is 14.4. The van der Waals surface area contributed by atoms with Crippen LogP contribution in [0.3, 0.4) is 0 Å². The van der Waals surface area contributed by atoms with E-state index in [1.807, 2.05) is 4.90 Å². The average Bonchev–Trinajstić information content (AvgIpc) is 3.23. The minimum absolute atomic E-state index is 0.0265. The van der Waals surface area contributed by atoms with Crippen molar-refractivity contribution in [2.24, 2.45) is 5.73 Å². The van der Waals surface area contributed by atoms with Crippen molar-refractivity contribution >= 4 is 23.4 Å². The van der Waals surface area contributed by atoms with E-state index < -0.39 is 17.8 Å². The fourth-order valence-corrected chi connectivity index (χ4v) is 3.41. The molecule has 9 heteroatoms. The molecular weight excluding hydrogens is 342 g/mol. The summed E-state index contributed by atoms with van der Waals surface area (Å²) < 4.78 is 27.5. The molecule has 2 amide bonds. The second-order valence-corrected chi connectivity index (χ2v) is 7.02. The Kier molecular flexibility index (Phi) is 3.40. The minimum Gasteiger partial charge on any atom is -0.351 e. The van der Waals surface area contributed by atoms with E-state index in [1.54, 1.807) is 25.3 Å². The fourth-order valence-electron chi connectivity index (χ4n) is 3.41. The summed E-state index contributed by atoms with van der Waals surface area (Å²) in [6.45, 7) is 3.08. The van der Waals surface area contributed by atoms with Crippen molar-refractivity contribution in [3.8, 4) is 0 Å². The Hall–Kier alpha value is -2.84. The van der Waals surface area contributed by atoms with E-state index in [0.717, 1.165) is 31.0 Å². The van der Waals surface area contributed by atoms with Crippen LogP contribution in [0, 0.1) is 6.92 Å². The summed E-state index contributed by atoms with van der Waals surface area (Å²) in [5, 5.41) is 2.45. The molecule has 136 valence electrons. The Bertz CT molecular complexity index is 907. The number of primary amides is 1. The van der Waals surface area contributed by atoms with Crippen LogP contribution >= 0.6 is 0 Å². The number of hydrogen-bond acceptors (Lipinski definition) is 5. The van der Waals surface area contributed by atoms with Gasteiger partial charge in [0.1, 0.15) is 11.6 Å². The molecule has 1 fully saturated rings. The Morgan fingerprint density at radius 3 is 2.69 bits per heavy atom. The summed E-state index contributed by atoms with van der Waals surface area (Å²) in [5.41, 5.74) is 7.43. The van der Waals surface area contributed by atoms with Crippen molar-refractivity contribution in [2.45, 2.75) is 38.0 Å². The molecule has 0 atom stereocenters. The summed E-state index contributed by atoms with van der Waals surface area (Å²) >= 11 is 0. The summed E-state index contributed by atoms with van der Waals surface area (Å²) in [6.07, 6.45) is 3.72. The first-order chi connectivity index (χ1) is 12.2.